The number of thioether (sulfide) groups is 1. The highest BCUT2D eigenvalue weighted by atomic mass is 32.2. The molecular formula is C11H14N2O2S. The predicted molar refractivity (Wildman–Crippen MR) is 65.3 cm³/mol. The Balaban J connectivity index is 2.25. The lowest BCUT2D eigenvalue weighted by Gasteiger charge is -2.34. The molecule has 0 aromatic carbocycles. The lowest BCUT2D eigenvalue weighted by Crippen LogP contribution is -2.40. The number of aromatic carboxylic acids is 1. The number of carboxylic acids is 1. The van der Waals surface area contributed by atoms with Crippen molar-refractivity contribution in [2.45, 2.75) is 13.0 Å². The van der Waals surface area contributed by atoms with E-state index in [-0.39, 0.29) is 0 Å². The number of anilines is 1. The highest BCUT2D eigenvalue weighted by molar-refractivity contribution is 7.99. The Morgan fingerprint density at radius 3 is 3.19 bits per heavy atom. The van der Waals surface area contributed by atoms with E-state index < -0.39 is 5.97 Å². The predicted octanol–water partition coefficient (Wildman–Crippen LogP) is 1.72. The van der Waals surface area contributed by atoms with Crippen LogP contribution in [0.2, 0.25) is 0 Å². The largest absolute Gasteiger partial charge is 0.478 e. The summed E-state index contributed by atoms with van der Waals surface area (Å²) < 4.78 is 0. The molecule has 1 atom stereocenters. The number of pyridine rings is 1. The van der Waals surface area contributed by atoms with Gasteiger partial charge < -0.3 is 10.0 Å². The normalized spacial score (nSPS) is 20.8. The highest BCUT2D eigenvalue weighted by Gasteiger charge is 2.20. The van der Waals surface area contributed by atoms with Gasteiger partial charge in [0.15, 0.2) is 0 Å². The van der Waals surface area contributed by atoms with Crippen LogP contribution in [0.15, 0.2) is 18.3 Å². The number of carboxylic acid groups (broad SMARTS) is 1. The SMILES string of the molecule is CC1CSCCN1c1cc(C(=O)O)ccn1. The molecule has 1 aromatic heterocycles. The average molecular weight is 238 g/mol. The van der Waals surface area contributed by atoms with Gasteiger partial charge in [0.2, 0.25) is 0 Å². The molecule has 1 aliphatic heterocycles. The number of rotatable bonds is 2. The van der Waals surface area contributed by atoms with Gasteiger partial charge in [0.05, 0.1) is 5.56 Å². The topological polar surface area (TPSA) is 53.4 Å². The molecule has 0 amide bonds. The highest BCUT2D eigenvalue weighted by Crippen LogP contribution is 2.22. The average Bonchev–Trinajstić information content (AvgIpc) is 2.30. The van der Waals surface area contributed by atoms with Crippen molar-refractivity contribution in [3.05, 3.63) is 23.9 Å². The lowest BCUT2D eigenvalue weighted by molar-refractivity contribution is 0.0697. The van der Waals surface area contributed by atoms with Crippen molar-refractivity contribution in [3.8, 4) is 0 Å². The zero-order valence-corrected chi connectivity index (χ0v) is 9.91. The van der Waals surface area contributed by atoms with Crippen LogP contribution >= 0.6 is 11.8 Å². The van der Waals surface area contributed by atoms with Gasteiger partial charge >= 0.3 is 5.97 Å². The van der Waals surface area contributed by atoms with Crippen LogP contribution in [0.1, 0.15) is 17.3 Å². The summed E-state index contributed by atoms with van der Waals surface area (Å²) in [5, 5.41) is 8.92. The second kappa shape index (κ2) is 4.74. The molecular weight excluding hydrogens is 224 g/mol. The Labute approximate surface area is 98.7 Å². The van der Waals surface area contributed by atoms with Crippen LogP contribution in [-0.2, 0) is 0 Å². The molecule has 4 nitrogen and oxygen atoms in total. The molecule has 1 saturated heterocycles. The Bertz CT molecular complexity index is 397. The van der Waals surface area contributed by atoms with E-state index in [1.165, 1.54) is 6.07 Å². The summed E-state index contributed by atoms with van der Waals surface area (Å²) in [7, 11) is 0. The van der Waals surface area contributed by atoms with Crippen molar-refractivity contribution in [2.24, 2.45) is 0 Å². The lowest BCUT2D eigenvalue weighted by atomic mass is 10.2. The number of carbonyl (C=O) groups is 1. The van der Waals surface area contributed by atoms with Gasteiger partial charge in [0, 0.05) is 30.3 Å². The molecule has 0 radical (unpaired) electrons. The monoisotopic (exact) mass is 238 g/mol. The van der Waals surface area contributed by atoms with E-state index in [1.807, 2.05) is 11.8 Å². The minimum absolute atomic E-state index is 0.301. The van der Waals surface area contributed by atoms with Gasteiger partial charge in [-0.25, -0.2) is 9.78 Å². The Morgan fingerprint density at radius 2 is 2.50 bits per heavy atom. The molecule has 1 N–H and O–H groups in total. The van der Waals surface area contributed by atoms with E-state index in [0.29, 0.717) is 11.6 Å². The van der Waals surface area contributed by atoms with Crippen molar-refractivity contribution in [3.63, 3.8) is 0 Å². The van der Waals surface area contributed by atoms with Crippen LogP contribution in [0.25, 0.3) is 0 Å². The second-order valence-electron chi connectivity index (χ2n) is 3.83. The molecule has 2 heterocycles. The quantitative estimate of drug-likeness (QED) is 0.850. The van der Waals surface area contributed by atoms with Gasteiger partial charge in [-0.2, -0.15) is 11.8 Å². The van der Waals surface area contributed by atoms with Crippen LogP contribution in [0.4, 0.5) is 5.82 Å². The molecule has 1 aliphatic rings. The second-order valence-corrected chi connectivity index (χ2v) is 4.98. The van der Waals surface area contributed by atoms with Crippen LogP contribution < -0.4 is 4.90 Å². The fourth-order valence-corrected chi connectivity index (χ4v) is 2.79. The van der Waals surface area contributed by atoms with E-state index in [0.717, 1.165) is 23.9 Å². The smallest absolute Gasteiger partial charge is 0.335 e. The summed E-state index contributed by atoms with van der Waals surface area (Å²) in [5.41, 5.74) is 0.301. The zero-order valence-electron chi connectivity index (χ0n) is 9.09. The standard InChI is InChI=1S/C11H14N2O2S/c1-8-7-16-5-4-13(8)10-6-9(11(14)15)2-3-12-10/h2-3,6,8H,4-5,7H2,1H3,(H,14,15). The first-order chi connectivity index (χ1) is 7.68. The van der Waals surface area contributed by atoms with Crippen molar-refractivity contribution < 1.29 is 9.90 Å². The minimum Gasteiger partial charge on any atom is -0.478 e. The molecule has 1 unspecified atom stereocenters. The minimum atomic E-state index is -0.900. The third kappa shape index (κ3) is 2.29. The van der Waals surface area contributed by atoms with Crippen LogP contribution in [0, 0.1) is 0 Å². The number of aromatic nitrogens is 1. The van der Waals surface area contributed by atoms with E-state index in [1.54, 1.807) is 12.3 Å². The van der Waals surface area contributed by atoms with Gasteiger partial charge in [-0.3, -0.25) is 0 Å². The van der Waals surface area contributed by atoms with Gasteiger partial charge in [-0.15, -0.1) is 0 Å². The molecule has 0 bridgehead atoms. The van der Waals surface area contributed by atoms with E-state index in [4.69, 9.17) is 5.11 Å². The van der Waals surface area contributed by atoms with Crippen molar-refractivity contribution >= 4 is 23.5 Å². The van der Waals surface area contributed by atoms with Gasteiger partial charge in [0.25, 0.3) is 0 Å². The first-order valence-electron chi connectivity index (χ1n) is 5.22. The number of hydrogen-bond acceptors (Lipinski definition) is 4. The summed E-state index contributed by atoms with van der Waals surface area (Å²) in [6.45, 7) is 3.07. The third-order valence-corrected chi connectivity index (χ3v) is 3.84. The Morgan fingerprint density at radius 1 is 1.69 bits per heavy atom. The van der Waals surface area contributed by atoms with Crippen molar-refractivity contribution in [1.29, 1.82) is 0 Å². The fraction of sp³-hybridized carbons (Fsp3) is 0.455. The zero-order chi connectivity index (χ0) is 11.5. The fourth-order valence-electron chi connectivity index (χ4n) is 1.78. The molecule has 2 rings (SSSR count). The number of hydrogen-bond donors (Lipinski definition) is 1. The first-order valence-corrected chi connectivity index (χ1v) is 6.37. The Hall–Kier alpha value is -1.23. The molecule has 1 aromatic rings. The van der Waals surface area contributed by atoms with Crippen molar-refractivity contribution in [2.75, 3.05) is 23.0 Å². The summed E-state index contributed by atoms with van der Waals surface area (Å²) >= 11 is 1.93. The summed E-state index contributed by atoms with van der Waals surface area (Å²) in [6, 6.07) is 3.58. The number of nitrogens with zero attached hydrogens (tertiary/aromatic N) is 2. The molecule has 0 spiro atoms. The van der Waals surface area contributed by atoms with E-state index in [9.17, 15) is 4.79 Å². The van der Waals surface area contributed by atoms with Gasteiger partial charge in [-0.1, -0.05) is 0 Å². The molecule has 86 valence electrons. The maximum Gasteiger partial charge on any atom is 0.335 e. The summed E-state index contributed by atoms with van der Waals surface area (Å²) in [6.07, 6.45) is 1.56. The molecule has 0 aliphatic carbocycles. The summed E-state index contributed by atoms with van der Waals surface area (Å²) in [5.74, 6) is 2.01. The van der Waals surface area contributed by atoms with Crippen LogP contribution in [-0.4, -0.2) is 40.2 Å². The van der Waals surface area contributed by atoms with Gasteiger partial charge in [0.1, 0.15) is 5.82 Å². The maximum atomic E-state index is 10.9. The molecule has 0 saturated carbocycles. The van der Waals surface area contributed by atoms with Crippen LogP contribution in [0.5, 0.6) is 0 Å². The summed E-state index contributed by atoms with van der Waals surface area (Å²) in [4.78, 5) is 17.3. The molecule has 1 fully saturated rings. The molecule has 16 heavy (non-hydrogen) atoms. The molecule has 5 heteroatoms. The Kier molecular flexibility index (Phi) is 3.33. The first kappa shape index (κ1) is 11.3. The maximum absolute atomic E-state index is 10.9. The van der Waals surface area contributed by atoms with Gasteiger partial charge in [-0.05, 0) is 19.1 Å². The third-order valence-electron chi connectivity index (χ3n) is 2.65. The van der Waals surface area contributed by atoms with Crippen LogP contribution in [0.3, 0.4) is 0 Å². The van der Waals surface area contributed by atoms with E-state index >= 15 is 0 Å². The van der Waals surface area contributed by atoms with Crippen molar-refractivity contribution in [1.82, 2.24) is 4.98 Å². The van der Waals surface area contributed by atoms with E-state index in [2.05, 4.69) is 16.8 Å².